The minimum atomic E-state index is -0.201. The molecule has 1 N–H and O–H groups in total. The summed E-state index contributed by atoms with van der Waals surface area (Å²) in [6.45, 7) is 10.1. The lowest BCUT2D eigenvalue weighted by atomic mass is 9.91. The van der Waals surface area contributed by atoms with Crippen LogP contribution in [0, 0.1) is 5.41 Å². The topological polar surface area (TPSA) is 62.3 Å². The largest absolute Gasteiger partial charge is 0.331 e. The lowest BCUT2D eigenvalue weighted by molar-refractivity contribution is -0.138. The normalized spacial score (nSPS) is 12.8. The summed E-state index contributed by atoms with van der Waals surface area (Å²) in [5.41, 5.74) is -0.0887. The second kappa shape index (κ2) is 7.54. The zero-order valence-corrected chi connectivity index (χ0v) is 14.3. The predicted octanol–water partition coefficient (Wildman–Crippen LogP) is 3.14. The molecule has 1 aromatic heterocycles. The molecule has 0 aliphatic heterocycles. The average Bonchev–Trinajstić information content (AvgIpc) is 2.85. The SMILES string of the molecule is CC[C@@H](C)N(CC(=O)Nc1nccs1)C(=O)CC(C)(C)C. The van der Waals surface area contributed by atoms with Gasteiger partial charge >= 0.3 is 0 Å². The number of thiazole rings is 1. The minimum absolute atomic E-state index is 0.0196. The van der Waals surface area contributed by atoms with Crippen LogP contribution in [0.25, 0.3) is 0 Å². The van der Waals surface area contributed by atoms with E-state index < -0.39 is 0 Å². The second-order valence-electron chi connectivity index (χ2n) is 6.40. The number of carbonyl (C=O) groups excluding carboxylic acids is 2. The molecule has 5 nitrogen and oxygen atoms in total. The van der Waals surface area contributed by atoms with Gasteiger partial charge in [0.2, 0.25) is 11.8 Å². The lowest BCUT2D eigenvalue weighted by Crippen LogP contribution is -2.44. The van der Waals surface area contributed by atoms with Crippen molar-refractivity contribution in [1.82, 2.24) is 9.88 Å². The monoisotopic (exact) mass is 311 g/mol. The van der Waals surface area contributed by atoms with Crippen molar-refractivity contribution in [3.8, 4) is 0 Å². The third kappa shape index (κ3) is 6.25. The Hall–Kier alpha value is -1.43. The van der Waals surface area contributed by atoms with Crippen LogP contribution in [0.3, 0.4) is 0 Å². The summed E-state index contributed by atoms with van der Waals surface area (Å²) in [5.74, 6) is -0.182. The summed E-state index contributed by atoms with van der Waals surface area (Å²) in [6.07, 6.45) is 2.89. The third-order valence-corrected chi connectivity index (χ3v) is 3.81. The van der Waals surface area contributed by atoms with E-state index in [1.54, 1.807) is 16.5 Å². The summed E-state index contributed by atoms with van der Waals surface area (Å²) in [6, 6.07) is 0.0434. The van der Waals surface area contributed by atoms with E-state index in [0.717, 1.165) is 6.42 Å². The van der Waals surface area contributed by atoms with E-state index in [4.69, 9.17) is 0 Å². The van der Waals surface area contributed by atoms with Gasteiger partial charge in [-0.2, -0.15) is 0 Å². The van der Waals surface area contributed by atoms with Gasteiger partial charge < -0.3 is 10.2 Å². The molecule has 1 rings (SSSR count). The molecule has 1 aromatic rings. The molecule has 2 amide bonds. The summed E-state index contributed by atoms with van der Waals surface area (Å²) in [7, 11) is 0. The van der Waals surface area contributed by atoms with E-state index in [2.05, 4.69) is 10.3 Å². The highest BCUT2D eigenvalue weighted by Crippen LogP contribution is 2.21. The lowest BCUT2D eigenvalue weighted by Gasteiger charge is -2.30. The number of rotatable bonds is 6. The van der Waals surface area contributed by atoms with Gasteiger partial charge in [-0.25, -0.2) is 4.98 Å². The fourth-order valence-corrected chi connectivity index (χ4v) is 2.41. The van der Waals surface area contributed by atoms with Gasteiger partial charge in [0.25, 0.3) is 0 Å². The van der Waals surface area contributed by atoms with Crippen LogP contribution in [0.4, 0.5) is 5.13 Å². The number of amides is 2. The fraction of sp³-hybridized carbons (Fsp3) is 0.667. The molecule has 118 valence electrons. The van der Waals surface area contributed by atoms with Crippen LogP contribution in [-0.4, -0.2) is 34.3 Å². The van der Waals surface area contributed by atoms with Crippen molar-refractivity contribution in [3.05, 3.63) is 11.6 Å². The van der Waals surface area contributed by atoms with Crippen molar-refractivity contribution >= 4 is 28.3 Å². The molecular formula is C15H25N3O2S. The van der Waals surface area contributed by atoms with E-state index in [0.29, 0.717) is 11.6 Å². The molecule has 6 heteroatoms. The first-order valence-electron chi connectivity index (χ1n) is 7.21. The van der Waals surface area contributed by atoms with Gasteiger partial charge in [0.1, 0.15) is 6.54 Å². The molecule has 1 heterocycles. The van der Waals surface area contributed by atoms with E-state index in [1.807, 2.05) is 34.6 Å². The summed E-state index contributed by atoms with van der Waals surface area (Å²) in [5, 5.41) is 5.08. The van der Waals surface area contributed by atoms with Crippen molar-refractivity contribution in [1.29, 1.82) is 0 Å². The zero-order valence-electron chi connectivity index (χ0n) is 13.5. The van der Waals surface area contributed by atoms with E-state index in [1.165, 1.54) is 11.3 Å². The number of aromatic nitrogens is 1. The Bertz CT molecular complexity index is 466. The number of anilines is 1. The van der Waals surface area contributed by atoms with Crippen molar-refractivity contribution in [2.24, 2.45) is 5.41 Å². The average molecular weight is 311 g/mol. The maximum Gasteiger partial charge on any atom is 0.245 e. The van der Waals surface area contributed by atoms with Crippen molar-refractivity contribution in [2.75, 3.05) is 11.9 Å². The van der Waals surface area contributed by atoms with Gasteiger partial charge in [-0.15, -0.1) is 11.3 Å². The molecule has 0 radical (unpaired) electrons. The van der Waals surface area contributed by atoms with Gasteiger partial charge in [0, 0.05) is 24.0 Å². The van der Waals surface area contributed by atoms with Crippen LogP contribution >= 0.6 is 11.3 Å². The number of nitrogens with zero attached hydrogens (tertiary/aromatic N) is 2. The van der Waals surface area contributed by atoms with Crippen molar-refractivity contribution in [2.45, 2.75) is 53.5 Å². The number of nitrogens with one attached hydrogen (secondary N) is 1. The standard InChI is InChI=1S/C15H25N3O2S/c1-6-11(2)18(13(20)9-15(3,4)5)10-12(19)17-14-16-7-8-21-14/h7-8,11H,6,9-10H2,1-5H3,(H,16,17,19)/t11-/m1/s1. The van der Waals surface area contributed by atoms with Crippen LogP contribution in [0.1, 0.15) is 47.5 Å². The number of hydrogen-bond donors (Lipinski definition) is 1. The molecular weight excluding hydrogens is 286 g/mol. The maximum absolute atomic E-state index is 12.4. The molecule has 0 aromatic carbocycles. The van der Waals surface area contributed by atoms with Crippen LogP contribution in [0.15, 0.2) is 11.6 Å². The first kappa shape index (κ1) is 17.6. The summed E-state index contributed by atoms with van der Waals surface area (Å²) in [4.78, 5) is 30.2. The third-order valence-electron chi connectivity index (χ3n) is 3.12. The van der Waals surface area contributed by atoms with Gasteiger partial charge in [0.05, 0.1) is 0 Å². The Kier molecular flexibility index (Phi) is 6.33. The van der Waals surface area contributed by atoms with E-state index in [9.17, 15) is 9.59 Å². The maximum atomic E-state index is 12.4. The highest BCUT2D eigenvalue weighted by molar-refractivity contribution is 7.13. The Morgan fingerprint density at radius 1 is 1.43 bits per heavy atom. The molecule has 0 aliphatic carbocycles. The van der Waals surface area contributed by atoms with E-state index >= 15 is 0 Å². The van der Waals surface area contributed by atoms with E-state index in [-0.39, 0.29) is 29.8 Å². The summed E-state index contributed by atoms with van der Waals surface area (Å²) >= 11 is 1.36. The number of hydrogen-bond acceptors (Lipinski definition) is 4. The van der Waals surface area contributed by atoms with Crippen LogP contribution in [-0.2, 0) is 9.59 Å². The smallest absolute Gasteiger partial charge is 0.245 e. The highest BCUT2D eigenvalue weighted by Gasteiger charge is 2.26. The predicted molar refractivity (Wildman–Crippen MR) is 86.3 cm³/mol. The Morgan fingerprint density at radius 3 is 2.57 bits per heavy atom. The Labute approximate surface area is 130 Å². The Balaban J connectivity index is 2.69. The Morgan fingerprint density at radius 2 is 2.10 bits per heavy atom. The molecule has 0 saturated carbocycles. The van der Waals surface area contributed by atoms with Gasteiger partial charge in [-0.3, -0.25) is 9.59 Å². The first-order chi connectivity index (χ1) is 9.73. The highest BCUT2D eigenvalue weighted by atomic mass is 32.1. The molecule has 0 bridgehead atoms. The zero-order chi connectivity index (χ0) is 16.0. The second-order valence-corrected chi connectivity index (χ2v) is 7.30. The molecule has 0 spiro atoms. The minimum Gasteiger partial charge on any atom is -0.331 e. The van der Waals surface area contributed by atoms with Crippen LogP contribution < -0.4 is 5.32 Å². The molecule has 0 fully saturated rings. The molecule has 0 aliphatic rings. The van der Waals surface area contributed by atoms with Crippen LogP contribution in [0.2, 0.25) is 0 Å². The number of carbonyl (C=O) groups is 2. The fourth-order valence-electron chi connectivity index (χ4n) is 1.86. The molecule has 1 atom stereocenters. The van der Waals surface area contributed by atoms with Crippen molar-refractivity contribution in [3.63, 3.8) is 0 Å². The molecule has 21 heavy (non-hydrogen) atoms. The molecule has 0 unspecified atom stereocenters. The van der Waals surface area contributed by atoms with Gasteiger partial charge in [0.15, 0.2) is 5.13 Å². The first-order valence-corrected chi connectivity index (χ1v) is 8.09. The van der Waals surface area contributed by atoms with Crippen molar-refractivity contribution < 1.29 is 9.59 Å². The van der Waals surface area contributed by atoms with Gasteiger partial charge in [-0.1, -0.05) is 27.7 Å². The van der Waals surface area contributed by atoms with Gasteiger partial charge in [-0.05, 0) is 18.8 Å². The molecule has 0 saturated heterocycles. The summed E-state index contributed by atoms with van der Waals surface area (Å²) < 4.78 is 0. The van der Waals surface area contributed by atoms with Crippen LogP contribution in [0.5, 0.6) is 0 Å². The quantitative estimate of drug-likeness (QED) is 0.878.